The average molecular weight is 416 g/mol. The number of nitrogens with one attached hydrogen (secondary N) is 1. The SMILES string of the molecule is Cc1ccc(C(C(=O)NC2CCN(S(=O)(=O)c3ccccc3)CC2)N(C)C)cc1. The van der Waals surface area contributed by atoms with Crippen LogP contribution in [-0.2, 0) is 14.8 Å². The number of rotatable bonds is 6. The van der Waals surface area contributed by atoms with Gasteiger partial charge in [-0.3, -0.25) is 9.69 Å². The van der Waals surface area contributed by atoms with Gasteiger partial charge < -0.3 is 5.32 Å². The molecule has 0 bridgehead atoms. The van der Waals surface area contributed by atoms with Crippen LogP contribution < -0.4 is 5.32 Å². The van der Waals surface area contributed by atoms with Crippen LogP contribution >= 0.6 is 0 Å². The highest BCUT2D eigenvalue weighted by Gasteiger charge is 2.31. The van der Waals surface area contributed by atoms with Gasteiger partial charge in [-0.05, 0) is 51.6 Å². The van der Waals surface area contributed by atoms with E-state index in [9.17, 15) is 13.2 Å². The molecule has 1 amide bonds. The van der Waals surface area contributed by atoms with Crippen molar-refractivity contribution in [1.29, 1.82) is 0 Å². The fraction of sp³-hybridized carbons (Fsp3) is 0.409. The third-order valence-electron chi connectivity index (χ3n) is 5.34. The molecule has 2 aromatic rings. The molecule has 0 saturated carbocycles. The molecule has 1 aliphatic heterocycles. The predicted octanol–water partition coefficient (Wildman–Crippen LogP) is 2.57. The summed E-state index contributed by atoms with van der Waals surface area (Å²) in [5.74, 6) is -0.0526. The molecule has 156 valence electrons. The molecule has 1 fully saturated rings. The van der Waals surface area contributed by atoms with Crippen molar-refractivity contribution >= 4 is 15.9 Å². The molecule has 1 heterocycles. The van der Waals surface area contributed by atoms with Crippen LogP contribution in [0.4, 0.5) is 0 Å². The van der Waals surface area contributed by atoms with Gasteiger partial charge in [-0.25, -0.2) is 8.42 Å². The molecule has 1 atom stereocenters. The van der Waals surface area contributed by atoms with Gasteiger partial charge in [0.1, 0.15) is 6.04 Å². The fourth-order valence-corrected chi connectivity index (χ4v) is 5.19. The Balaban J connectivity index is 1.62. The maximum Gasteiger partial charge on any atom is 0.243 e. The van der Waals surface area contributed by atoms with Crippen molar-refractivity contribution in [2.75, 3.05) is 27.2 Å². The Kier molecular flexibility index (Phi) is 6.72. The summed E-state index contributed by atoms with van der Waals surface area (Å²) in [4.78, 5) is 15.2. The normalized spacial score (nSPS) is 17.2. The zero-order chi connectivity index (χ0) is 21.0. The third-order valence-corrected chi connectivity index (χ3v) is 7.25. The van der Waals surface area contributed by atoms with E-state index < -0.39 is 10.0 Å². The predicted molar refractivity (Wildman–Crippen MR) is 114 cm³/mol. The van der Waals surface area contributed by atoms with Gasteiger partial charge in [-0.2, -0.15) is 4.31 Å². The lowest BCUT2D eigenvalue weighted by Gasteiger charge is -2.33. The lowest BCUT2D eigenvalue weighted by molar-refractivity contribution is -0.126. The number of benzene rings is 2. The lowest BCUT2D eigenvalue weighted by atomic mass is 10.0. The van der Waals surface area contributed by atoms with Crippen LogP contribution in [0.3, 0.4) is 0 Å². The van der Waals surface area contributed by atoms with Crippen LogP contribution in [0.5, 0.6) is 0 Å². The monoisotopic (exact) mass is 415 g/mol. The van der Waals surface area contributed by atoms with Gasteiger partial charge in [0.05, 0.1) is 4.90 Å². The van der Waals surface area contributed by atoms with E-state index in [2.05, 4.69) is 5.32 Å². The van der Waals surface area contributed by atoms with Crippen molar-refractivity contribution in [3.05, 3.63) is 65.7 Å². The van der Waals surface area contributed by atoms with E-state index in [1.165, 1.54) is 4.31 Å². The summed E-state index contributed by atoms with van der Waals surface area (Å²) in [5, 5.41) is 3.12. The fourth-order valence-electron chi connectivity index (χ4n) is 3.69. The van der Waals surface area contributed by atoms with Crippen LogP contribution in [0.1, 0.15) is 30.0 Å². The Morgan fingerprint density at radius 1 is 1.03 bits per heavy atom. The molecule has 1 unspecified atom stereocenters. The summed E-state index contributed by atoms with van der Waals surface area (Å²) in [6.07, 6.45) is 1.21. The summed E-state index contributed by atoms with van der Waals surface area (Å²) in [6, 6.07) is 16.1. The molecule has 1 saturated heterocycles. The van der Waals surface area contributed by atoms with Crippen LogP contribution in [0.25, 0.3) is 0 Å². The summed E-state index contributed by atoms with van der Waals surface area (Å²) in [6.45, 7) is 2.82. The van der Waals surface area contributed by atoms with E-state index in [1.807, 2.05) is 50.2 Å². The topological polar surface area (TPSA) is 69.7 Å². The first-order chi connectivity index (χ1) is 13.8. The molecule has 2 aromatic carbocycles. The number of carbonyl (C=O) groups excluding carboxylic acids is 1. The zero-order valence-corrected chi connectivity index (χ0v) is 18.0. The smallest absolute Gasteiger partial charge is 0.243 e. The Bertz CT molecular complexity index is 920. The Morgan fingerprint density at radius 2 is 1.62 bits per heavy atom. The molecule has 7 heteroatoms. The highest BCUT2D eigenvalue weighted by Crippen LogP contribution is 2.23. The maximum atomic E-state index is 13.0. The molecule has 0 radical (unpaired) electrons. The van der Waals surface area contributed by atoms with E-state index in [1.54, 1.807) is 30.3 Å². The summed E-state index contributed by atoms with van der Waals surface area (Å²) >= 11 is 0. The van der Waals surface area contributed by atoms with Crippen LogP contribution in [-0.4, -0.2) is 56.8 Å². The Hall–Kier alpha value is -2.22. The molecule has 0 aliphatic carbocycles. The number of sulfonamides is 1. The minimum absolute atomic E-state index is 0.0300. The van der Waals surface area contributed by atoms with Crippen LogP contribution in [0.15, 0.2) is 59.5 Å². The lowest BCUT2D eigenvalue weighted by Crippen LogP contribution is -2.48. The quantitative estimate of drug-likeness (QED) is 0.787. The van der Waals surface area contributed by atoms with Crippen LogP contribution in [0, 0.1) is 6.92 Å². The van der Waals surface area contributed by atoms with E-state index in [0.717, 1.165) is 11.1 Å². The second-order valence-corrected chi connectivity index (χ2v) is 9.71. The Morgan fingerprint density at radius 3 is 2.17 bits per heavy atom. The largest absolute Gasteiger partial charge is 0.352 e. The van der Waals surface area contributed by atoms with Gasteiger partial charge in [0, 0.05) is 19.1 Å². The molecular weight excluding hydrogens is 386 g/mol. The van der Waals surface area contributed by atoms with E-state index in [-0.39, 0.29) is 18.0 Å². The van der Waals surface area contributed by atoms with Gasteiger partial charge in [-0.15, -0.1) is 0 Å². The third kappa shape index (κ3) is 5.04. The number of hydrogen-bond acceptors (Lipinski definition) is 4. The second kappa shape index (κ2) is 9.07. The molecule has 6 nitrogen and oxygen atoms in total. The van der Waals surface area contributed by atoms with E-state index >= 15 is 0 Å². The van der Waals surface area contributed by atoms with Crippen molar-refractivity contribution in [2.24, 2.45) is 0 Å². The summed E-state index contributed by atoms with van der Waals surface area (Å²) in [7, 11) is 0.298. The number of hydrogen-bond donors (Lipinski definition) is 1. The zero-order valence-electron chi connectivity index (χ0n) is 17.2. The first kappa shape index (κ1) is 21.5. The van der Waals surface area contributed by atoms with Gasteiger partial charge >= 0.3 is 0 Å². The minimum Gasteiger partial charge on any atom is -0.352 e. The molecular formula is C22H29N3O3S. The number of carbonyl (C=O) groups is 1. The molecule has 1 aliphatic rings. The van der Waals surface area contributed by atoms with Crippen molar-refractivity contribution in [2.45, 2.75) is 36.7 Å². The van der Waals surface area contributed by atoms with Gasteiger partial charge in [0.15, 0.2) is 0 Å². The van der Waals surface area contributed by atoms with Crippen molar-refractivity contribution in [1.82, 2.24) is 14.5 Å². The standard InChI is InChI=1S/C22H29N3O3S/c1-17-9-11-18(12-10-17)21(24(2)3)22(26)23-19-13-15-25(16-14-19)29(27,28)20-7-5-4-6-8-20/h4-12,19,21H,13-16H2,1-3H3,(H,23,26). The molecule has 0 aromatic heterocycles. The number of aryl methyl sites for hydroxylation is 1. The highest BCUT2D eigenvalue weighted by atomic mass is 32.2. The van der Waals surface area contributed by atoms with Crippen molar-refractivity contribution in [3.8, 4) is 0 Å². The van der Waals surface area contributed by atoms with Gasteiger partial charge in [-0.1, -0.05) is 48.0 Å². The Labute approximate surface area is 173 Å². The van der Waals surface area contributed by atoms with Gasteiger partial charge in [0.25, 0.3) is 0 Å². The molecule has 29 heavy (non-hydrogen) atoms. The van der Waals surface area contributed by atoms with Gasteiger partial charge in [0.2, 0.25) is 15.9 Å². The minimum atomic E-state index is -3.48. The van der Waals surface area contributed by atoms with E-state index in [0.29, 0.717) is 30.8 Å². The molecule has 3 rings (SSSR count). The summed E-state index contributed by atoms with van der Waals surface area (Å²) < 4.78 is 27.0. The number of amides is 1. The molecule has 1 N–H and O–H groups in total. The van der Waals surface area contributed by atoms with E-state index in [4.69, 9.17) is 0 Å². The van der Waals surface area contributed by atoms with Crippen molar-refractivity contribution in [3.63, 3.8) is 0 Å². The maximum absolute atomic E-state index is 13.0. The van der Waals surface area contributed by atoms with Crippen molar-refractivity contribution < 1.29 is 13.2 Å². The average Bonchev–Trinajstić information content (AvgIpc) is 2.70. The number of likely N-dealkylation sites (N-methyl/N-ethyl adjacent to an activating group) is 1. The first-order valence-corrected chi connectivity index (χ1v) is 11.3. The second-order valence-electron chi connectivity index (χ2n) is 7.78. The summed E-state index contributed by atoms with van der Waals surface area (Å²) in [5.41, 5.74) is 2.10. The highest BCUT2D eigenvalue weighted by molar-refractivity contribution is 7.89. The number of nitrogens with zero attached hydrogens (tertiary/aromatic N) is 2. The molecule has 0 spiro atoms. The number of piperidine rings is 1. The van der Waals surface area contributed by atoms with Crippen LogP contribution in [0.2, 0.25) is 0 Å². The first-order valence-electron chi connectivity index (χ1n) is 9.87.